The number of carbonyl (C=O) groups is 1. The fourth-order valence-corrected chi connectivity index (χ4v) is 2.61. The van der Waals surface area contributed by atoms with Gasteiger partial charge in [-0.15, -0.1) is 0 Å². The molecule has 0 atom stereocenters. The molecule has 126 valence electrons. The van der Waals surface area contributed by atoms with E-state index in [2.05, 4.69) is 27.8 Å². The van der Waals surface area contributed by atoms with E-state index in [1.54, 1.807) is 42.6 Å². The summed E-state index contributed by atoms with van der Waals surface area (Å²) in [6.45, 7) is 0.746. The zero-order chi connectivity index (χ0) is 17.5. The third kappa shape index (κ3) is 5.06. The van der Waals surface area contributed by atoms with E-state index < -0.39 is 0 Å². The highest BCUT2D eigenvalue weighted by Crippen LogP contribution is 2.16. The topological polar surface area (TPSA) is 54.0 Å². The summed E-state index contributed by atoms with van der Waals surface area (Å²) in [5.74, 6) is 0.477. The summed E-state index contributed by atoms with van der Waals surface area (Å²) in [6, 6.07) is 20.7. The van der Waals surface area contributed by atoms with E-state index in [0.717, 1.165) is 13.0 Å². The average molecular weight is 352 g/mol. The van der Waals surface area contributed by atoms with Gasteiger partial charge in [0, 0.05) is 29.0 Å². The molecular weight excluding hydrogens is 334 g/mol. The largest absolute Gasteiger partial charge is 0.370 e. The maximum absolute atomic E-state index is 12.4. The molecule has 0 saturated carbocycles. The summed E-state index contributed by atoms with van der Waals surface area (Å²) < 4.78 is 0. The molecule has 5 heteroatoms. The van der Waals surface area contributed by atoms with E-state index in [0.29, 0.717) is 22.1 Å². The van der Waals surface area contributed by atoms with Crippen LogP contribution in [-0.4, -0.2) is 17.4 Å². The minimum atomic E-state index is -0.198. The van der Waals surface area contributed by atoms with Crippen molar-refractivity contribution in [2.75, 3.05) is 17.2 Å². The van der Waals surface area contributed by atoms with Gasteiger partial charge in [0.25, 0.3) is 5.91 Å². The number of hydrogen-bond acceptors (Lipinski definition) is 3. The number of hydrogen-bond donors (Lipinski definition) is 2. The fourth-order valence-electron chi connectivity index (χ4n) is 2.42. The van der Waals surface area contributed by atoms with Crippen LogP contribution in [0.25, 0.3) is 0 Å². The molecule has 0 bridgehead atoms. The van der Waals surface area contributed by atoms with Crippen LogP contribution in [0.1, 0.15) is 15.9 Å². The van der Waals surface area contributed by atoms with Crippen LogP contribution in [-0.2, 0) is 6.42 Å². The summed E-state index contributed by atoms with van der Waals surface area (Å²) >= 11 is 5.94. The molecule has 2 N–H and O–H groups in total. The SMILES string of the molecule is O=C(Nc1cccc(Cl)c1)c1ccnc(NCCc2ccccc2)c1. The van der Waals surface area contributed by atoms with Gasteiger partial charge in [-0.3, -0.25) is 4.79 Å². The van der Waals surface area contributed by atoms with Crippen molar-refractivity contribution in [3.8, 4) is 0 Å². The first-order chi connectivity index (χ1) is 12.2. The van der Waals surface area contributed by atoms with Crippen molar-refractivity contribution >= 4 is 29.0 Å². The van der Waals surface area contributed by atoms with Gasteiger partial charge in [0.2, 0.25) is 0 Å². The number of anilines is 2. The van der Waals surface area contributed by atoms with E-state index in [1.165, 1.54) is 5.56 Å². The lowest BCUT2D eigenvalue weighted by molar-refractivity contribution is 0.102. The molecule has 0 aliphatic rings. The van der Waals surface area contributed by atoms with Crippen molar-refractivity contribution in [2.45, 2.75) is 6.42 Å². The van der Waals surface area contributed by atoms with Crippen LogP contribution in [0.4, 0.5) is 11.5 Å². The number of amides is 1. The van der Waals surface area contributed by atoms with Crippen LogP contribution < -0.4 is 10.6 Å². The molecule has 1 amide bonds. The number of aromatic nitrogens is 1. The molecule has 0 unspecified atom stereocenters. The molecule has 4 nitrogen and oxygen atoms in total. The van der Waals surface area contributed by atoms with Crippen LogP contribution in [0.2, 0.25) is 5.02 Å². The maximum Gasteiger partial charge on any atom is 0.255 e. The number of halogens is 1. The summed E-state index contributed by atoms with van der Waals surface area (Å²) in [4.78, 5) is 16.6. The molecule has 25 heavy (non-hydrogen) atoms. The van der Waals surface area contributed by atoms with E-state index >= 15 is 0 Å². The highest BCUT2D eigenvalue weighted by molar-refractivity contribution is 6.30. The summed E-state index contributed by atoms with van der Waals surface area (Å²) in [6.07, 6.45) is 2.51. The van der Waals surface area contributed by atoms with Crippen LogP contribution in [0.15, 0.2) is 72.9 Å². The quantitative estimate of drug-likeness (QED) is 0.680. The van der Waals surface area contributed by atoms with Crippen LogP contribution >= 0.6 is 11.6 Å². The van der Waals surface area contributed by atoms with Crippen LogP contribution in [0, 0.1) is 0 Å². The molecular formula is C20H18ClN3O. The van der Waals surface area contributed by atoms with Gasteiger partial charge in [0.1, 0.15) is 5.82 Å². The number of nitrogens with one attached hydrogen (secondary N) is 2. The predicted molar refractivity (Wildman–Crippen MR) is 102 cm³/mol. The Hall–Kier alpha value is -2.85. The molecule has 0 saturated heterocycles. The maximum atomic E-state index is 12.4. The highest BCUT2D eigenvalue weighted by Gasteiger charge is 2.07. The van der Waals surface area contributed by atoms with Crippen molar-refractivity contribution in [2.24, 2.45) is 0 Å². The first kappa shape index (κ1) is 17.0. The Morgan fingerprint density at radius 1 is 1.00 bits per heavy atom. The van der Waals surface area contributed by atoms with Gasteiger partial charge in [-0.25, -0.2) is 4.98 Å². The average Bonchev–Trinajstić information content (AvgIpc) is 2.63. The van der Waals surface area contributed by atoms with Gasteiger partial charge in [-0.2, -0.15) is 0 Å². The first-order valence-electron chi connectivity index (χ1n) is 8.01. The highest BCUT2D eigenvalue weighted by atomic mass is 35.5. The zero-order valence-electron chi connectivity index (χ0n) is 13.6. The Bertz CT molecular complexity index is 852. The Morgan fingerprint density at radius 3 is 2.64 bits per heavy atom. The summed E-state index contributed by atoms with van der Waals surface area (Å²) in [5.41, 5.74) is 2.45. The monoisotopic (exact) mass is 351 g/mol. The molecule has 0 fully saturated rings. The normalized spacial score (nSPS) is 10.3. The third-order valence-corrected chi connectivity index (χ3v) is 3.90. The van der Waals surface area contributed by atoms with E-state index in [4.69, 9.17) is 11.6 Å². The zero-order valence-corrected chi connectivity index (χ0v) is 14.3. The first-order valence-corrected chi connectivity index (χ1v) is 8.39. The lowest BCUT2D eigenvalue weighted by Gasteiger charge is -2.09. The van der Waals surface area contributed by atoms with Crippen molar-refractivity contribution in [1.29, 1.82) is 0 Å². The lowest BCUT2D eigenvalue weighted by Crippen LogP contribution is -2.13. The molecule has 1 heterocycles. The van der Waals surface area contributed by atoms with Crippen molar-refractivity contribution < 1.29 is 4.79 Å². The molecule has 2 aromatic carbocycles. The Kier molecular flexibility index (Phi) is 5.65. The Morgan fingerprint density at radius 2 is 1.84 bits per heavy atom. The molecule has 0 aliphatic heterocycles. The number of nitrogens with zero attached hydrogens (tertiary/aromatic N) is 1. The minimum absolute atomic E-state index is 0.198. The Balaban J connectivity index is 1.59. The Labute approximate surface area is 151 Å². The molecule has 3 rings (SSSR count). The van der Waals surface area contributed by atoms with Gasteiger partial charge < -0.3 is 10.6 Å². The summed E-state index contributed by atoms with van der Waals surface area (Å²) in [5, 5.41) is 6.66. The minimum Gasteiger partial charge on any atom is -0.370 e. The molecule has 3 aromatic rings. The van der Waals surface area contributed by atoms with Crippen molar-refractivity contribution in [3.63, 3.8) is 0 Å². The number of benzene rings is 2. The second-order valence-electron chi connectivity index (χ2n) is 5.56. The van der Waals surface area contributed by atoms with E-state index in [1.807, 2.05) is 18.2 Å². The van der Waals surface area contributed by atoms with E-state index in [-0.39, 0.29) is 5.91 Å². The number of carbonyl (C=O) groups excluding carboxylic acids is 1. The second kappa shape index (κ2) is 8.31. The predicted octanol–water partition coefficient (Wildman–Crippen LogP) is 4.64. The molecule has 0 spiro atoms. The molecule has 0 radical (unpaired) electrons. The number of pyridine rings is 1. The van der Waals surface area contributed by atoms with Gasteiger partial charge in [0.05, 0.1) is 0 Å². The molecule has 1 aromatic heterocycles. The third-order valence-electron chi connectivity index (χ3n) is 3.67. The van der Waals surface area contributed by atoms with Crippen LogP contribution in [0.5, 0.6) is 0 Å². The second-order valence-corrected chi connectivity index (χ2v) is 5.99. The smallest absolute Gasteiger partial charge is 0.255 e. The summed E-state index contributed by atoms with van der Waals surface area (Å²) in [7, 11) is 0. The number of rotatable bonds is 6. The van der Waals surface area contributed by atoms with Crippen molar-refractivity contribution in [1.82, 2.24) is 4.98 Å². The lowest BCUT2D eigenvalue weighted by atomic mass is 10.1. The van der Waals surface area contributed by atoms with Crippen LogP contribution in [0.3, 0.4) is 0 Å². The van der Waals surface area contributed by atoms with E-state index in [9.17, 15) is 4.79 Å². The van der Waals surface area contributed by atoms with Gasteiger partial charge in [-0.1, -0.05) is 48.0 Å². The standard InChI is InChI=1S/C20H18ClN3O/c21-17-7-4-8-18(14-17)24-20(25)16-10-12-23-19(13-16)22-11-9-15-5-2-1-3-6-15/h1-8,10,12-14H,9,11H2,(H,22,23)(H,24,25). The molecule has 0 aliphatic carbocycles. The van der Waals surface area contributed by atoms with Gasteiger partial charge >= 0.3 is 0 Å². The van der Waals surface area contributed by atoms with Gasteiger partial charge in [0.15, 0.2) is 0 Å². The fraction of sp³-hybridized carbons (Fsp3) is 0.100. The van der Waals surface area contributed by atoms with Gasteiger partial charge in [-0.05, 0) is 42.3 Å². The van der Waals surface area contributed by atoms with Crippen molar-refractivity contribution in [3.05, 3.63) is 89.1 Å².